The molecular formula is C7H6N2O4S. The van der Waals surface area contributed by atoms with Gasteiger partial charge in [-0.2, -0.15) is 0 Å². The number of anilines is 1. The van der Waals surface area contributed by atoms with Crippen molar-refractivity contribution in [2.75, 3.05) is 4.72 Å². The first-order chi connectivity index (χ1) is 6.49. The largest absolute Gasteiger partial charge is 0.283 e. The summed E-state index contributed by atoms with van der Waals surface area (Å²) in [7, 11) is -3.42. The SMILES string of the molecule is O=[N+]([O-])c1cccc2c1CS(=O)(=O)N2. The van der Waals surface area contributed by atoms with Gasteiger partial charge in [-0.05, 0) is 6.07 Å². The standard InChI is InChI=1S/C7H6N2O4S/c10-9(11)7-3-1-2-6-5(7)4-14(12,13)8-6/h1-3,8H,4H2. The number of benzene rings is 1. The molecule has 0 fully saturated rings. The molecule has 0 bridgehead atoms. The molecule has 0 saturated carbocycles. The Morgan fingerprint density at radius 3 is 2.79 bits per heavy atom. The number of rotatable bonds is 1. The minimum atomic E-state index is -3.42. The van der Waals surface area contributed by atoms with Crippen LogP contribution in [0.25, 0.3) is 0 Å². The molecule has 14 heavy (non-hydrogen) atoms. The lowest BCUT2D eigenvalue weighted by Gasteiger charge is -1.96. The van der Waals surface area contributed by atoms with Crippen LogP contribution in [-0.4, -0.2) is 13.3 Å². The van der Waals surface area contributed by atoms with Crippen LogP contribution in [0.5, 0.6) is 0 Å². The molecular weight excluding hydrogens is 208 g/mol. The second-order valence-corrected chi connectivity index (χ2v) is 4.64. The number of hydrogen-bond acceptors (Lipinski definition) is 4. The maximum Gasteiger partial charge on any atom is 0.275 e. The first-order valence-electron chi connectivity index (χ1n) is 3.76. The first-order valence-corrected chi connectivity index (χ1v) is 5.41. The Morgan fingerprint density at radius 2 is 2.14 bits per heavy atom. The van der Waals surface area contributed by atoms with Gasteiger partial charge in [0.15, 0.2) is 0 Å². The minimum absolute atomic E-state index is 0.156. The third-order valence-electron chi connectivity index (χ3n) is 1.95. The maximum atomic E-state index is 11.1. The van der Waals surface area contributed by atoms with Gasteiger partial charge in [-0.1, -0.05) is 6.07 Å². The van der Waals surface area contributed by atoms with Crippen molar-refractivity contribution in [2.45, 2.75) is 5.75 Å². The molecule has 1 heterocycles. The highest BCUT2D eigenvalue weighted by Crippen LogP contribution is 2.33. The van der Waals surface area contributed by atoms with E-state index >= 15 is 0 Å². The molecule has 6 nitrogen and oxygen atoms in total. The fourth-order valence-electron chi connectivity index (χ4n) is 1.39. The van der Waals surface area contributed by atoms with Gasteiger partial charge in [0.1, 0.15) is 5.75 Å². The first kappa shape index (κ1) is 8.95. The molecule has 0 atom stereocenters. The van der Waals surface area contributed by atoms with Gasteiger partial charge in [0.05, 0.1) is 16.2 Å². The molecule has 1 aromatic rings. The second-order valence-electron chi connectivity index (χ2n) is 2.92. The molecule has 0 aliphatic carbocycles. The summed E-state index contributed by atoms with van der Waals surface area (Å²) in [5, 5.41) is 10.6. The average Bonchev–Trinajstić information content (AvgIpc) is 2.36. The fourth-order valence-corrected chi connectivity index (χ4v) is 2.67. The summed E-state index contributed by atoms with van der Waals surface area (Å²) in [6, 6.07) is 4.25. The summed E-state index contributed by atoms with van der Waals surface area (Å²) >= 11 is 0. The number of nitro benzene ring substituents is 1. The Kier molecular flexibility index (Phi) is 1.71. The Morgan fingerprint density at radius 1 is 1.43 bits per heavy atom. The van der Waals surface area contributed by atoms with Crippen molar-refractivity contribution in [1.29, 1.82) is 0 Å². The van der Waals surface area contributed by atoms with E-state index < -0.39 is 14.9 Å². The van der Waals surface area contributed by atoms with Gasteiger partial charge in [-0.3, -0.25) is 14.8 Å². The molecule has 0 amide bonds. The molecule has 1 aliphatic rings. The molecule has 2 rings (SSSR count). The molecule has 0 saturated heterocycles. The number of nitrogens with zero attached hydrogens (tertiary/aromatic N) is 1. The molecule has 0 spiro atoms. The average molecular weight is 214 g/mol. The zero-order valence-electron chi connectivity index (χ0n) is 6.93. The zero-order valence-corrected chi connectivity index (χ0v) is 7.74. The third kappa shape index (κ3) is 1.31. The Bertz CT molecular complexity index is 508. The zero-order chi connectivity index (χ0) is 10.3. The highest BCUT2D eigenvalue weighted by atomic mass is 32.2. The highest BCUT2D eigenvalue weighted by Gasteiger charge is 2.30. The lowest BCUT2D eigenvalue weighted by Crippen LogP contribution is -2.05. The van der Waals surface area contributed by atoms with Gasteiger partial charge >= 0.3 is 0 Å². The van der Waals surface area contributed by atoms with Crippen molar-refractivity contribution >= 4 is 21.4 Å². The van der Waals surface area contributed by atoms with Crippen LogP contribution in [0.15, 0.2) is 18.2 Å². The van der Waals surface area contributed by atoms with Gasteiger partial charge in [0, 0.05) is 6.07 Å². The van der Waals surface area contributed by atoms with Crippen LogP contribution >= 0.6 is 0 Å². The van der Waals surface area contributed by atoms with Gasteiger partial charge in [0.25, 0.3) is 5.69 Å². The van der Waals surface area contributed by atoms with E-state index in [1.165, 1.54) is 18.2 Å². The lowest BCUT2D eigenvalue weighted by atomic mass is 10.2. The maximum absolute atomic E-state index is 11.1. The van der Waals surface area contributed by atoms with E-state index in [2.05, 4.69) is 4.72 Å². The molecule has 7 heteroatoms. The van der Waals surface area contributed by atoms with Crippen LogP contribution < -0.4 is 4.72 Å². The van der Waals surface area contributed by atoms with Crippen molar-refractivity contribution in [3.63, 3.8) is 0 Å². The van der Waals surface area contributed by atoms with Gasteiger partial charge in [0.2, 0.25) is 10.0 Å². The topological polar surface area (TPSA) is 89.3 Å². The number of hydrogen-bond donors (Lipinski definition) is 1. The van der Waals surface area contributed by atoms with E-state index in [0.29, 0.717) is 5.69 Å². The Hall–Kier alpha value is -1.63. The second kappa shape index (κ2) is 2.68. The van der Waals surface area contributed by atoms with Crippen molar-refractivity contribution < 1.29 is 13.3 Å². The predicted octanol–water partition coefficient (Wildman–Crippen LogP) is 0.850. The fraction of sp³-hybridized carbons (Fsp3) is 0.143. The molecule has 74 valence electrons. The van der Waals surface area contributed by atoms with Gasteiger partial charge < -0.3 is 0 Å². The van der Waals surface area contributed by atoms with E-state index in [0.717, 1.165) is 0 Å². The minimum Gasteiger partial charge on any atom is -0.283 e. The number of nitrogens with one attached hydrogen (secondary N) is 1. The summed E-state index contributed by atoms with van der Waals surface area (Å²) in [5.74, 6) is -0.320. The molecule has 0 aromatic heterocycles. The monoisotopic (exact) mass is 214 g/mol. The van der Waals surface area contributed by atoms with Crippen molar-refractivity contribution in [3.8, 4) is 0 Å². The van der Waals surface area contributed by atoms with E-state index in [4.69, 9.17) is 0 Å². The van der Waals surface area contributed by atoms with Crippen molar-refractivity contribution in [2.24, 2.45) is 0 Å². The number of sulfonamides is 1. The van der Waals surface area contributed by atoms with E-state index in [9.17, 15) is 18.5 Å². The van der Waals surface area contributed by atoms with Crippen LogP contribution in [-0.2, 0) is 15.8 Å². The number of fused-ring (bicyclic) bond motifs is 1. The smallest absolute Gasteiger partial charge is 0.275 e. The van der Waals surface area contributed by atoms with Gasteiger partial charge in [-0.15, -0.1) is 0 Å². The van der Waals surface area contributed by atoms with Crippen LogP contribution in [0.4, 0.5) is 11.4 Å². The van der Waals surface area contributed by atoms with E-state index in [1.54, 1.807) is 0 Å². The summed E-state index contributed by atoms with van der Waals surface area (Å²) in [6.07, 6.45) is 0. The van der Waals surface area contributed by atoms with Crippen molar-refractivity contribution in [3.05, 3.63) is 33.9 Å². The molecule has 1 aliphatic heterocycles. The molecule has 1 aromatic carbocycles. The summed E-state index contributed by atoms with van der Waals surface area (Å²) in [6.45, 7) is 0. The molecule has 0 radical (unpaired) electrons. The number of nitro groups is 1. The molecule has 0 unspecified atom stereocenters. The highest BCUT2D eigenvalue weighted by molar-refractivity contribution is 7.92. The third-order valence-corrected chi connectivity index (χ3v) is 3.15. The van der Waals surface area contributed by atoms with Crippen LogP contribution in [0, 0.1) is 10.1 Å². The predicted molar refractivity (Wildman–Crippen MR) is 49.3 cm³/mol. The summed E-state index contributed by atoms with van der Waals surface area (Å²) in [4.78, 5) is 9.97. The Labute approximate surface area is 79.8 Å². The Balaban J connectivity index is 2.63. The normalized spacial score (nSPS) is 17.1. The van der Waals surface area contributed by atoms with E-state index in [1.807, 2.05) is 0 Å². The van der Waals surface area contributed by atoms with Crippen molar-refractivity contribution in [1.82, 2.24) is 0 Å². The summed E-state index contributed by atoms with van der Waals surface area (Å²) < 4.78 is 24.5. The van der Waals surface area contributed by atoms with Crippen LogP contribution in [0.2, 0.25) is 0 Å². The van der Waals surface area contributed by atoms with E-state index in [-0.39, 0.29) is 17.0 Å². The summed E-state index contributed by atoms with van der Waals surface area (Å²) in [5.41, 5.74) is 0.382. The van der Waals surface area contributed by atoms with Crippen LogP contribution in [0.1, 0.15) is 5.56 Å². The molecule has 1 N–H and O–H groups in total. The van der Waals surface area contributed by atoms with Crippen LogP contribution in [0.3, 0.4) is 0 Å². The lowest BCUT2D eigenvalue weighted by molar-refractivity contribution is -0.385. The quantitative estimate of drug-likeness (QED) is 0.554. The van der Waals surface area contributed by atoms with Gasteiger partial charge in [-0.25, -0.2) is 8.42 Å².